The zero-order valence-corrected chi connectivity index (χ0v) is 11.4. The summed E-state index contributed by atoms with van der Waals surface area (Å²) < 4.78 is 30.7. The molecule has 0 fully saturated rings. The molecule has 0 aliphatic rings. The van der Waals surface area contributed by atoms with Crippen LogP contribution in [0.1, 0.15) is 6.92 Å². The molecule has 0 radical (unpaired) electrons. The van der Waals surface area contributed by atoms with Gasteiger partial charge in [0.25, 0.3) is 0 Å². The number of nitrogens with one attached hydrogen (secondary N) is 3. The second kappa shape index (κ2) is 5.47. The van der Waals surface area contributed by atoms with E-state index in [0.29, 0.717) is 11.0 Å². The van der Waals surface area contributed by atoms with Crippen molar-refractivity contribution in [3.63, 3.8) is 0 Å². The van der Waals surface area contributed by atoms with Crippen LogP contribution in [0.15, 0.2) is 27.9 Å². The van der Waals surface area contributed by atoms with Crippen LogP contribution in [0, 0.1) is 0 Å². The molecule has 20 heavy (non-hydrogen) atoms. The molecule has 1 aromatic carbocycles. The van der Waals surface area contributed by atoms with Gasteiger partial charge in [-0.3, -0.25) is 4.79 Å². The highest BCUT2D eigenvalue weighted by Gasteiger charge is 2.16. The van der Waals surface area contributed by atoms with E-state index >= 15 is 0 Å². The molecule has 0 saturated carbocycles. The van der Waals surface area contributed by atoms with Crippen LogP contribution in [-0.4, -0.2) is 37.5 Å². The fourth-order valence-electron chi connectivity index (χ4n) is 1.63. The highest BCUT2D eigenvalue weighted by Crippen LogP contribution is 2.14. The zero-order valence-electron chi connectivity index (χ0n) is 10.6. The van der Waals surface area contributed by atoms with Crippen LogP contribution in [0.5, 0.6) is 0 Å². The van der Waals surface area contributed by atoms with Gasteiger partial charge in [-0.2, -0.15) is 4.72 Å². The molecule has 1 aromatic heterocycles. The van der Waals surface area contributed by atoms with Crippen molar-refractivity contribution in [1.29, 1.82) is 0 Å². The first-order chi connectivity index (χ1) is 9.42. The molecule has 0 atom stereocenters. The molecule has 2 rings (SSSR count). The molecule has 0 aliphatic heterocycles. The third-order valence-corrected chi connectivity index (χ3v) is 3.91. The zero-order chi connectivity index (χ0) is 14.8. The summed E-state index contributed by atoms with van der Waals surface area (Å²) in [5, 5.41) is 0. The van der Waals surface area contributed by atoms with E-state index < -0.39 is 28.2 Å². The molecular weight excluding hydrogens is 286 g/mol. The van der Waals surface area contributed by atoms with Gasteiger partial charge in [-0.1, -0.05) is 0 Å². The summed E-state index contributed by atoms with van der Waals surface area (Å²) in [5.74, 6) is -0.660. The third kappa shape index (κ3) is 3.06. The van der Waals surface area contributed by atoms with E-state index in [2.05, 4.69) is 19.4 Å². The van der Waals surface area contributed by atoms with Gasteiger partial charge >= 0.3 is 11.7 Å². The predicted octanol–water partition coefficient (Wildman–Crippen LogP) is -0.302. The number of carbonyl (C=O) groups excluding carboxylic acids is 1. The second-order valence-electron chi connectivity index (χ2n) is 3.92. The third-order valence-electron chi connectivity index (χ3n) is 2.51. The number of ether oxygens (including phenoxy) is 1. The first kappa shape index (κ1) is 14.3. The lowest BCUT2D eigenvalue weighted by atomic mass is 10.3. The van der Waals surface area contributed by atoms with Crippen molar-refractivity contribution in [2.45, 2.75) is 11.8 Å². The maximum atomic E-state index is 12.0. The number of aromatic nitrogens is 2. The molecule has 9 heteroatoms. The van der Waals surface area contributed by atoms with Crippen LogP contribution in [0.3, 0.4) is 0 Å². The SMILES string of the molecule is CCOC(=O)CNS(=O)(=O)c1ccc2[nH]c(=O)[nH]c2c1. The fourth-order valence-corrected chi connectivity index (χ4v) is 2.62. The van der Waals surface area contributed by atoms with Crippen molar-refractivity contribution in [2.24, 2.45) is 0 Å². The summed E-state index contributed by atoms with van der Waals surface area (Å²) in [6, 6.07) is 4.10. The number of benzene rings is 1. The molecule has 8 nitrogen and oxygen atoms in total. The highest BCUT2D eigenvalue weighted by molar-refractivity contribution is 7.89. The van der Waals surface area contributed by atoms with E-state index in [1.165, 1.54) is 18.2 Å². The number of fused-ring (bicyclic) bond motifs is 1. The molecular formula is C11H13N3O5S. The largest absolute Gasteiger partial charge is 0.465 e. The molecule has 0 aliphatic carbocycles. The van der Waals surface area contributed by atoms with E-state index in [9.17, 15) is 18.0 Å². The van der Waals surface area contributed by atoms with Crippen LogP contribution in [0.2, 0.25) is 0 Å². The average molecular weight is 299 g/mol. The Labute approximate surface area is 114 Å². The summed E-state index contributed by atoms with van der Waals surface area (Å²) in [4.78, 5) is 27.1. The van der Waals surface area contributed by atoms with Crippen LogP contribution >= 0.6 is 0 Å². The number of H-pyrrole nitrogens is 2. The first-order valence-electron chi connectivity index (χ1n) is 5.79. The van der Waals surface area contributed by atoms with Crippen molar-refractivity contribution in [1.82, 2.24) is 14.7 Å². The van der Waals surface area contributed by atoms with Gasteiger partial charge in [0.1, 0.15) is 6.54 Å². The van der Waals surface area contributed by atoms with E-state index in [0.717, 1.165) is 0 Å². The number of imidazole rings is 1. The van der Waals surface area contributed by atoms with Gasteiger partial charge in [-0.05, 0) is 25.1 Å². The summed E-state index contributed by atoms with van der Waals surface area (Å²) in [6.07, 6.45) is 0. The topological polar surface area (TPSA) is 121 Å². The molecule has 1 heterocycles. The normalized spacial score (nSPS) is 11.7. The molecule has 2 aromatic rings. The smallest absolute Gasteiger partial charge is 0.323 e. The summed E-state index contributed by atoms with van der Waals surface area (Å²) in [5.41, 5.74) is 0.447. The van der Waals surface area contributed by atoms with Gasteiger partial charge in [0.05, 0.1) is 22.5 Å². The summed E-state index contributed by atoms with van der Waals surface area (Å²) in [7, 11) is -3.84. The van der Waals surface area contributed by atoms with Crippen LogP contribution in [0.4, 0.5) is 0 Å². The molecule has 0 unspecified atom stereocenters. The minimum Gasteiger partial charge on any atom is -0.465 e. The quantitative estimate of drug-likeness (QED) is 0.654. The molecule has 3 N–H and O–H groups in total. The Hall–Kier alpha value is -2.13. The maximum absolute atomic E-state index is 12.0. The number of esters is 1. The van der Waals surface area contributed by atoms with E-state index in [-0.39, 0.29) is 11.5 Å². The molecule has 0 bridgehead atoms. The van der Waals surface area contributed by atoms with Crippen molar-refractivity contribution < 1.29 is 17.9 Å². The Morgan fingerprint density at radius 1 is 1.30 bits per heavy atom. The summed E-state index contributed by atoms with van der Waals surface area (Å²) >= 11 is 0. The van der Waals surface area contributed by atoms with Gasteiger partial charge in [0.2, 0.25) is 10.0 Å². The summed E-state index contributed by atoms with van der Waals surface area (Å²) in [6.45, 7) is 1.36. The van der Waals surface area contributed by atoms with Crippen LogP contribution in [0.25, 0.3) is 11.0 Å². The number of sulfonamides is 1. The lowest BCUT2D eigenvalue weighted by Crippen LogP contribution is -2.30. The van der Waals surface area contributed by atoms with Gasteiger partial charge < -0.3 is 14.7 Å². The van der Waals surface area contributed by atoms with Gasteiger partial charge in [-0.15, -0.1) is 0 Å². The van der Waals surface area contributed by atoms with Crippen molar-refractivity contribution in [3.05, 3.63) is 28.7 Å². The maximum Gasteiger partial charge on any atom is 0.323 e. The first-order valence-corrected chi connectivity index (χ1v) is 7.28. The van der Waals surface area contributed by atoms with E-state index in [4.69, 9.17) is 0 Å². The molecule has 0 spiro atoms. The molecule has 0 saturated heterocycles. The van der Waals surface area contributed by atoms with Crippen molar-refractivity contribution in [3.8, 4) is 0 Å². The Morgan fingerprint density at radius 2 is 2.00 bits per heavy atom. The van der Waals surface area contributed by atoms with E-state index in [1.807, 2.05) is 0 Å². The molecule has 0 amide bonds. The van der Waals surface area contributed by atoms with Gasteiger partial charge in [0.15, 0.2) is 0 Å². The van der Waals surface area contributed by atoms with Crippen molar-refractivity contribution in [2.75, 3.05) is 13.2 Å². The van der Waals surface area contributed by atoms with Crippen LogP contribution < -0.4 is 10.4 Å². The minimum absolute atomic E-state index is 0.0513. The number of carbonyl (C=O) groups is 1. The fraction of sp³-hybridized carbons (Fsp3) is 0.273. The lowest BCUT2D eigenvalue weighted by Gasteiger charge is -2.06. The number of hydrogen-bond donors (Lipinski definition) is 3. The number of hydrogen-bond acceptors (Lipinski definition) is 5. The minimum atomic E-state index is -3.84. The standard InChI is InChI=1S/C11H13N3O5S/c1-2-19-10(15)6-12-20(17,18)7-3-4-8-9(5-7)14-11(16)13-8/h3-5,12H,2,6H2,1H3,(H2,13,14,16). The molecule has 108 valence electrons. The Bertz CT molecular complexity index is 790. The lowest BCUT2D eigenvalue weighted by molar-refractivity contribution is -0.141. The van der Waals surface area contributed by atoms with Crippen LogP contribution in [-0.2, 0) is 19.6 Å². The number of aromatic amines is 2. The Morgan fingerprint density at radius 3 is 2.70 bits per heavy atom. The van der Waals surface area contributed by atoms with Gasteiger partial charge in [0, 0.05) is 0 Å². The second-order valence-corrected chi connectivity index (χ2v) is 5.68. The Balaban J connectivity index is 2.22. The monoisotopic (exact) mass is 299 g/mol. The average Bonchev–Trinajstić information content (AvgIpc) is 2.76. The van der Waals surface area contributed by atoms with E-state index in [1.54, 1.807) is 6.92 Å². The van der Waals surface area contributed by atoms with Gasteiger partial charge in [-0.25, -0.2) is 13.2 Å². The Kier molecular flexibility index (Phi) is 3.91. The highest BCUT2D eigenvalue weighted by atomic mass is 32.2. The number of rotatable bonds is 5. The predicted molar refractivity (Wildman–Crippen MR) is 70.7 cm³/mol. The van der Waals surface area contributed by atoms with Crippen molar-refractivity contribution >= 4 is 27.0 Å².